The highest BCUT2D eigenvalue weighted by Crippen LogP contribution is 2.36. The fourth-order valence-electron chi connectivity index (χ4n) is 1.95. The second kappa shape index (κ2) is 6.95. The number of alkyl halides is 3. The molecule has 0 aliphatic rings. The molecule has 2 nitrogen and oxygen atoms in total. The molecule has 0 spiro atoms. The van der Waals surface area contributed by atoms with Crippen molar-refractivity contribution < 1.29 is 17.9 Å². The van der Waals surface area contributed by atoms with E-state index in [1.54, 1.807) is 24.5 Å². The van der Waals surface area contributed by atoms with E-state index < -0.39 is 11.7 Å². The van der Waals surface area contributed by atoms with Crippen molar-refractivity contribution in [3.05, 3.63) is 51.7 Å². The zero-order chi connectivity index (χ0) is 15.3. The van der Waals surface area contributed by atoms with E-state index in [1.807, 2.05) is 16.8 Å². The highest BCUT2D eigenvalue weighted by molar-refractivity contribution is 7.07. The Kier molecular flexibility index (Phi) is 5.25. The van der Waals surface area contributed by atoms with Crippen LogP contribution in [0.15, 0.2) is 35.0 Å². The molecule has 0 fully saturated rings. The standard InChI is InChI=1S/C15H16F3NOS/c1-19-9-12-2-3-14(13(8-12)15(16,17)18)20-6-4-11-5-7-21-10-11/h2-3,5,7-8,10,19H,4,6,9H2,1H3. The van der Waals surface area contributed by atoms with Gasteiger partial charge in [-0.3, -0.25) is 0 Å². The van der Waals surface area contributed by atoms with Crippen LogP contribution in [-0.4, -0.2) is 13.7 Å². The molecule has 0 unspecified atom stereocenters. The maximum Gasteiger partial charge on any atom is 0.419 e. The van der Waals surface area contributed by atoms with E-state index in [9.17, 15) is 13.2 Å². The number of hydrogen-bond acceptors (Lipinski definition) is 3. The molecule has 1 heterocycles. The third-order valence-corrected chi connectivity index (χ3v) is 3.69. The molecule has 1 aromatic carbocycles. The summed E-state index contributed by atoms with van der Waals surface area (Å²) in [7, 11) is 1.69. The van der Waals surface area contributed by atoms with Crippen LogP contribution in [0.1, 0.15) is 16.7 Å². The first-order valence-corrected chi connectivity index (χ1v) is 7.43. The molecular weight excluding hydrogens is 299 g/mol. The van der Waals surface area contributed by atoms with Gasteiger partial charge in [0.2, 0.25) is 0 Å². The molecule has 0 aliphatic heterocycles. The molecule has 0 saturated heterocycles. The Hall–Kier alpha value is -1.53. The molecule has 6 heteroatoms. The molecule has 2 aromatic rings. The van der Waals surface area contributed by atoms with Crippen LogP contribution >= 0.6 is 11.3 Å². The van der Waals surface area contributed by atoms with Crippen LogP contribution in [0, 0.1) is 0 Å². The van der Waals surface area contributed by atoms with Crippen molar-refractivity contribution in [2.45, 2.75) is 19.1 Å². The Balaban J connectivity index is 2.10. The quantitative estimate of drug-likeness (QED) is 0.866. The second-order valence-electron chi connectivity index (χ2n) is 4.59. The number of nitrogens with one attached hydrogen (secondary N) is 1. The van der Waals surface area contributed by atoms with E-state index in [1.165, 1.54) is 6.07 Å². The summed E-state index contributed by atoms with van der Waals surface area (Å²) in [5, 5.41) is 6.73. The van der Waals surface area contributed by atoms with E-state index in [0.29, 0.717) is 18.5 Å². The molecule has 0 aliphatic carbocycles. The molecule has 21 heavy (non-hydrogen) atoms. The molecule has 1 aromatic heterocycles. The first-order chi connectivity index (χ1) is 10.0. The summed E-state index contributed by atoms with van der Waals surface area (Å²) in [4.78, 5) is 0. The predicted molar refractivity (Wildman–Crippen MR) is 77.7 cm³/mol. The Morgan fingerprint density at radius 1 is 1.19 bits per heavy atom. The summed E-state index contributed by atoms with van der Waals surface area (Å²) in [5.41, 5.74) is 0.927. The number of ether oxygens (including phenoxy) is 1. The van der Waals surface area contributed by atoms with E-state index in [0.717, 1.165) is 11.6 Å². The predicted octanol–water partition coefficient (Wildman–Crippen LogP) is 4.11. The SMILES string of the molecule is CNCc1ccc(OCCc2ccsc2)c(C(F)(F)F)c1. The lowest BCUT2D eigenvalue weighted by Crippen LogP contribution is -2.12. The lowest BCUT2D eigenvalue weighted by atomic mass is 10.1. The molecule has 0 bridgehead atoms. The smallest absolute Gasteiger partial charge is 0.419 e. The lowest BCUT2D eigenvalue weighted by molar-refractivity contribution is -0.139. The molecule has 0 saturated carbocycles. The Bertz CT molecular complexity index is 567. The van der Waals surface area contributed by atoms with Crippen molar-refractivity contribution in [2.75, 3.05) is 13.7 Å². The molecule has 0 radical (unpaired) electrons. The Morgan fingerprint density at radius 3 is 2.62 bits per heavy atom. The van der Waals surface area contributed by atoms with Crippen LogP contribution < -0.4 is 10.1 Å². The molecule has 1 N–H and O–H groups in total. The zero-order valence-electron chi connectivity index (χ0n) is 11.5. The van der Waals surface area contributed by atoms with Crippen molar-refractivity contribution in [3.63, 3.8) is 0 Å². The molecule has 2 rings (SSSR count). The van der Waals surface area contributed by atoms with Gasteiger partial charge in [0.15, 0.2) is 0 Å². The first-order valence-electron chi connectivity index (χ1n) is 6.49. The van der Waals surface area contributed by atoms with Gasteiger partial charge >= 0.3 is 6.18 Å². The van der Waals surface area contributed by atoms with Gasteiger partial charge < -0.3 is 10.1 Å². The van der Waals surface area contributed by atoms with Gasteiger partial charge in [-0.25, -0.2) is 0 Å². The Labute approximate surface area is 125 Å². The number of halogens is 3. The van der Waals surface area contributed by atoms with Crippen LogP contribution in [0.5, 0.6) is 5.75 Å². The molecule has 0 amide bonds. The highest BCUT2D eigenvalue weighted by Gasteiger charge is 2.34. The molecule has 114 valence electrons. The second-order valence-corrected chi connectivity index (χ2v) is 5.37. The zero-order valence-corrected chi connectivity index (χ0v) is 12.4. The largest absolute Gasteiger partial charge is 0.493 e. The fraction of sp³-hybridized carbons (Fsp3) is 0.333. The van der Waals surface area contributed by atoms with Crippen LogP contribution in [0.3, 0.4) is 0 Å². The van der Waals surface area contributed by atoms with Crippen LogP contribution in [0.25, 0.3) is 0 Å². The summed E-state index contributed by atoms with van der Waals surface area (Å²) in [6, 6.07) is 6.11. The fourth-order valence-corrected chi connectivity index (χ4v) is 2.66. The van der Waals surface area contributed by atoms with E-state index in [2.05, 4.69) is 5.32 Å². The van der Waals surface area contributed by atoms with Gasteiger partial charge in [-0.1, -0.05) is 6.07 Å². The third kappa shape index (κ3) is 4.47. The maximum absolute atomic E-state index is 13.1. The van der Waals surface area contributed by atoms with Crippen molar-refractivity contribution in [1.82, 2.24) is 5.32 Å². The summed E-state index contributed by atoms with van der Waals surface area (Å²) >= 11 is 1.56. The summed E-state index contributed by atoms with van der Waals surface area (Å²) in [5.74, 6) is -0.113. The minimum atomic E-state index is -4.42. The van der Waals surface area contributed by atoms with Gasteiger partial charge in [0.1, 0.15) is 5.75 Å². The van der Waals surface area contributed by atoms with Gasteiger partial charge in [-0.15, -0.1) is 0 Å². The van der Waals surface area contributed by atoms with Crippen molar-refractivity contribution in [1.29, 1.82) is 0 Å². The minimum absolute atomic E-state index is 0.113. The summed E-state index contributed by atoms with van der Waals surface area (Å²) in [6.45, 7) is 0.615. The Morgan fingerprint density at radius 2 is 2.00 bits per heavy atom. The topological polar surface area (TPSA) is 21.3 Å². The average molecular weight is 315 g/mol. The molecule has 0 atom stereocenters. The monoisotopic (exact) mass is 315 g/mol. The number of thiophene rings is 1. The van der Waals surface area contributed by atoms with Crippen LogP contribution in [0.2, 0.25) is 0 Å². The van der Waals surface area contributed by atoms with Crippen molar-refractivity contribution in [2.24, 2.45) is 0 Å². The average Bonchev–Trinajstić information content (AvgIpc) is 2.92. The summed E-state index contributed by atoms with van der Waals surface area (Å²) in [6.07, 6.45) is -3.82. The van der Waals surface area contributed by atoms with Gasteiger partial charge in [-0.05, 0) is 47.1 Å². The number of benzene rings is 1. The van der Waals surface area contributed by atoms with E-state index in [-0.39, 0.29) is 12.4 Å². The third-order valence-electron chi connectivity index (χ3n) is 2.96. The highest BCUT2D eigenvalue weighted by atomic mass is 32.1. The van der Waals surface area contributed by atoms with Crippen molar-refractivity contribution >= 4 is 11.3 Å². The summed E-state index contributed by atoms with van der Waals surface area (Å²) < 4.78 is 44.5. The number of rotatable bonds is 6. The van der Waals surface area contributed by atoms with E-state index >= 15 is 0 Å². The van der Waals surface area contributed by atoms with Crippen molar-refractivity contribution in [3.8, 4) is 5.75 Å². The minimum Gasteiger partial charge on any atom is -0.493 e. The van der Waals surface area contributed by atoms with Gasteiger partial charge in [-0.2, -0.15) is 24.5 Å². The first kappa shape index (κ1) is 15.9. The van der Waals surface area contributed by atoms with Gasteiger partial charge in [0.05, 0.1) is 12.2 Å². The normalized spacial score (nSPS) is 11.6. The van der Waals surface area contributed by atoms with Crippen LogP contribution in [-0.2, 0) is 19.1 Å². The number of hydrogen-bond donors (Lipinski definition) is 1. The van der Waals surface area contributed by atoms with E-state index in [4.69, 9.17) is 4.74 Å². The maximum atomic E-state index is 13.1. The lowest BCUT2D eigenvalue weighted by Gasteiger charge is -2.15. The molecular formula is C15H16F3NOS. The van der Waals surface area contributed by atoms with Gasteiger partial charge in [0.25, 0.3) is 0 Å². The van der Waals surface area contributed by atoms with Gasteiger partial charge in [0, 0.05) is 13.0 Å². The van der Waals surface area contributed by atoms with Crippen LogP contribution in [0.4, 0.5) is 13.2 Å².